The summed E-state index contributed by atoms with van der Waals surface area (Å²) in [6.45, 7) is 2.55. The van der Waals surface area contributed by atoms with Crippen molar-refractivity contribution in [2.75, 3.05) is 26.4 Å². The third kappa shape index (κ3) is 13.5. The van der Waals surface area contributed by atoms with Gasteiger partial charge in [0, 0.05) is 79.3 Å². The van der Waals surface area contributed by atoms with Gasteiger partial charge in [0.15, 0.2) is 0 Å². The summed E-state index contributed by atoms with van der Waals surface area (Å²) in [5, 5.41) is 10.7. The third-order valence-corrected chi connectivity index (χ3v) is 15.9. The molecular weight excluding hydrogens is 1100 g/mol. The monoisotopic (exact) mass is 1150 g/mol. The van der Waals surface area contributed by atoms with Crippen LogP contribution in [0.1, 0.15) is 72.8 Å². The highest BCUT2D eigenvalue weighted by Crippen LogP contribution is 2.53. The zero-order chi connectivity index (χ0) is 56.1. The van der Waals surface area contributed by atoms with Gasteiger partial charge in [0.25, 0.3) is 22.2 Å². The number of aryl methyl sites for hydroxylation is 4. The molecule has 8 rings (SSSR count). The number of phosphoric ester groups is 3. The van der Waals surface area contributed by atoms with Crippen molar-refractivity contribution in [3.8, 4) is 0 Å². The van der Waals surface area contributed by atoms with E-state index in [2.05, 4.69) is 19.9 Å². The van der Waals surface area contributed by atoms with E-state index in [0.717, 1.165) is 30.7 Å². The average molecular weight is 1150 g/mol. The zero-order valence-corrected chi connectivity index (χ0v) is 43.6. The van der Waals surface area contributed by atoms with Crippen LogP contribution >= 0.6 is 23.5 Å². The second-order valence-electron chi connectivity index (χ2n) is 18.4. The first-order chi connectivity index (χ1) is 36.1. The fourth-order valence-electron chi connectivity index (χ4n) is 8.80. The van der Waals surface area contributed by atoms with Gasteiger partial charge in [-0.1, -0.05) is 0 Å². The number of aliphatic hydroxyl groups excluding tert-OH is 1. The molecule has 0 aliphatic carbocycles. The summed E-state index contributed by atoms with van der Waals surface area (Å²) in [6.07, 6.45) is -13.3. The lowest BCUT2D eigenvalue weighted by atomic mass is 10.2. The van der Waals surface area contributed by atoms with Crippen LogP contribution in [0.25, 0.3) is 0 Å². The minimum atomic E-state index is -5.42. The van der Waals surface area contributed by atoms with Crippen LogP contribution < -0.4 is 50.7 Å². The van der Waals surface area contributed by atoms with Gasteiger partial charge in [0.1, 0.15) is 61.5 Å². The van der Waals surface area contributed by atoms with E-state index in [1.165, 1.54) is 40.1 Å². The molecule has 424 valence electrons. The van der Waals surface area contributed by atoms with Crippen molar-refractivity contribution >= 4 is 23.5 Å². The Labute approximate surface area is 430 Å². The molecule has 0 amide bonds. The van der Waals surface area contributed by atoms with Crippen LogP contribution in [0.3, 0.4) is 0 Å². The molecule has 34 nitrogen and oxygen atoms in total. The van der Waals surface area contributed by atoms with Crippen LogP contribution in [0.2, 0.25) is 0 Å². The predicted molar refractivity (Wildman–Crippen MR) is 255 cm³/mol. The maximum Gasteiger partial charge on any atom is 0.472 e. The quantitative estimate of drug-likeness (QED) is 0.0410. The van der Waals surface area contributed by atoms with Crippen molar-refractivity contribution in [2.45, 2.75) is 127 Å². The number of aromatic nitrogens is 8. The SMILES string of the molecule is Cc1cn([C@H]2C[C@H](OP(=O)(O)OC[C@H]3O[C@@H](n4cc(C)c(=O)[nH]c4=O)C[C@@H]3OP(=O)(O)OC[C@H]3O[C@@H](n4cc(C)c(=O)[nH]c4=O)C[C@@H]3OP(=O)(O)OC[C@H]3O[C@@H](n4cc(C)c(=O)[nH]c4=O)C[C@@H]3O)[C@@H](CN)O2)c(=O)[nH]c1=O. The lowest BCUT2D eigenvalue weighted by molar-refractivity contribution is -0.0627. The molecule has 0 radical (unpaired) electrons. The summed E-state index contributed by atoms with van der Waals surface area (Å²) >= 11 is 0. The Hall–Kier alpha value is -5.19. The first-order valence-corrected chi connectivity index (χ1v) is 27.8. The number of rotatable bonds is 20. The molecule has 0 aromatic carbocycles. The van der Waals surface area contributed by atoms with E-state index in [-0.39, 0.29) is 41.6 Å². The summed E-state index contributed by atoms with van der Waals surface area (Å²) in [4.78, 5) is 140. The summed E-state index contributed by atoms with van der Waals surface area (Å²) in [5.74, 6) is 0. The number of H-pyrrole nitrogens is 4. The first-order valence-electron chi connectivity index (χ1n) is 23.3. The van der Waals surface area contributed by atoms with E-state index in [1.54, 1.807) is 0 Å². The van der Waals surface area contributed by atoms with Gasteiger partial charge in [-0.15, -0.1) is 0 Å². The molecule has 4 saturated heterocycles. The Morgan fingerprint density at radius 3 is 1.05 bits per heavy atom. The van der Waals surface area contributed by atoms with Crippen molar-refractivity contribution in [1.82, 2.24) is 38.2 Å². The Kier molecular flexibility index (Phi) is 17.2. The van der Waals surface area contributed by atoms with Gasteiger partial charge in [-0.25, -0.2) is 32.9 Å². The second kappa shape index (κ2) is 22.9. The van der Waals surface area contributed by atoms with Crippen LogP contribution in [0, 0.1) is 27.7 Å². The van der Waals surface area contributed by atoms with E-state index in [1.807, 2.05) is 0 Å². The van der Waals surface area contributed by atoms with Crippen molar-refractivity contribution in [2.24, 2.45) is 5.73 Å². The first kappa shape index (κ1) is 58.0. The second-order valence-corrected chi connectivity index (χ2v) is 22.6. The molecule has 3 unspecified atom stereocenters. The number of hydrogen-bond acceptors (Lipinski definition) is 23. The number of ether oxygens (including phenoxy) is 4. The Morgan fingerprint density at radius 1 is 0.481 bits per heavy atom. The third-order valence-electron chi connectivity index (χ3n) is 12.8. The standard InChI is InChI=1S/C40H54N9O25P3/c1-17-10-46(37(55)42-33(17)51)29-5-21(50)26(69-29)14-65-75(59,60)73-23-7-31(48-12-19(3)35(53)44-39(48)57)71-28(23)16-67-77(63,64)74-24-8-32(49-13-20(4)36(54)45-40(49)58)70-27(24)15-66-76(61,62)72-22-6-30(68-25(22)9-41)47-11-18(2)34(52)43-38(47)56/h10-13,21-32,50H,5-9,14-16,41H2,1-4H3,(H,59,60)(H,61,62)(H,63,64)(H,42,51,55)(H,43,52,56)(H,44,53,57)(H,45,54,58)/t21-,22-,23-,24-,25+,26+,27+,28+,29+,30+,31+,32+/m0/s1. The van der Waals surface area contributed by atoms with Gasteiger partial charge in [0.05, 0.1) is 32.0 Å². The van der Waals surface area contributed by atoms with Gasteiger partial charge in [0.2, 0.25) is 0 Å². The number of aromatic amines is 4. The fraction of sp³-hybridized carbons (Fsp3) is 0.600. The van der Waals surface area contributed by atoms with Crippen LogP contribution in [0.4, 0.5) is 0 Å². The molecular formula is C40H54N9O25P3. The lowest BCUT2D eigenvalue weighted by Gasteiger charge is -2.25. The van der Waals surface area contributed by atoms with Crippen LogP contribution in [-0.4, -0.2) is 133 Å². The largest absolute Gasteiger partial charge is 0.472 e. The lowest BCUT2D eigenvalue weighted by Crippen LogP contribution is -2.34. The van der Waals surface area contributed by atoms with E-state index >= 15 is 0 Å². The number of nitrogens with one attached hydrogen (secondary N) is 4. The van der Waals surface area contributed by atoms with Gasteiger partial charge in [-0.05, 0) is 27.7 Å². The molecule has 37 heteroatoms. The van der Waals surface area contributed by atoms with Crippen molar-refractivity contribution in [1.29, 1.82) is 0 Å². The summed E-state index contributed by atoms with van der Waals surface area (Å²) in [7, 11) is -15.8. The minimum absolute atomic E-state index is 0.0400. The zero-order valence-electron chi connectivity index (χ0n) is 41.0. The number of hydrogen-bond donors (Lipinski definition) is 9. The molecule has 77 heavy (non-hydrogen) atoms. The molecule has 0 spiro atoms. The number of nitrogens with two attached hydrogens (primary N) is 1. The maximum absolute atomic E-state index is 13.8. The molecule has 8 heterocycles. The normalized spacial score (nSPS) is 29.8. The van der Waals surface area contributed by atoms with E-state index < -0.39 is 175 Å². The topological polar surface area (TPSA) is 470 Å². The molecule has 0 saturated carbocycles. The molecule has 4 fully saturated rings. The van der Waals surface area contributed by atoms with E-state index in [0.29, 0.717) is 0 Å². The highest BCUT2D eigenvalue weighted by atomic mass is 31.2. The Morgan fingerprint density at radius 2 is 0.740 bits per heavy atom. The molecule has 0 bridgehead atoms. The molecule has 4 aromatic rings. The maximum atomic E-state index is 13.8. The Bertz CT molecular complexity index is 3510. The minimum Gasteiger partial charge on any atom is -0.390 e. The average Bonchev–Trinajstić information content (AvgIpc) is 4.16. The van der Waals surface area contributed by atoms with Crippen molar-refractivity contribution in [3.63, 3.8) is 0 Å². The van der Waals surface area contributed by atoms with Gasteiger partial charge in [-0.2, -0.15) is 0 Å². The van der Waals surface area contributed by atoms with E-state index in [9.17, 15) is 71.8 Å². The van der Waals surface area contributed by atoms with E-state index in [4.69, 9.17) is 51.8 Å². The summed E-state index contributed by atoms with van der Waals surface area (Å²) in [5.41, 5.74) is -0.220. The smallest absolute Gasteiger partial charge is 0.390 e. The highest BCUT2D eigenvalue weighted by molar-refractivity contribution is 7.48. The number of nitrogens with zero attached hydrogens (tertiary/aromatic N) is 4. The summed E-state index contributed by atoms with van der Waals surface area (Å²) in [6, 6.07) is 0. The van der Waals surface area contributed by atoms with Crippen molar-refractivity contribution in [3.05, 3.63) is 130 Å². The van der Waals surface area contributed by atoms with Crippen molar-refractivity contribution < 1.29 is 79.6 Å². The summed E-state index contributed by atoms with van der Waals surface area (Å²) < 4.78 is 100. The van der Waals surface area contributed by atoms with Crippen LogP contribution in [0.15, 0.2) is 63.1 Å². The van der Waals surface area contributed by atoms with Gasteiger partial charge < -0.3 is 44.5 Å². The van der Waals surface area contributed by atoms with Gasteiger partial charge >= 0.3 is 46.2 Å². The van der Waals surface area contributed by atoms with Crippen LogP contribution in [-0.2, 0) is 59.8 Å². The molecule has 10 N–H and O–H groups in total. The van der Waals surface area contributed by atoms with Gasteiger partial charge in [-0.3, -0.25) is 84.5 Å². The Balaban J connectivity index is 0.963. The van der Waals surface area contributed by atoms with Crippen LogP contribution in [0.5, 0.6) is 0 Å². The molecule has 15 atom stereocenters. The number of phosphoric acid groups is 3. The molecule has 4 aromatic heterocycles. The fourth-order valence-corrected chi connectivity index (χ4v) is 11.7. The molecule has 4 aliphatic rings. The number of aliphatic hydroxyl groups is 1. The molecule has 4 aliphatic heterocycles. The highest BCUT2D eigenvalue weighted by Gasteiger charge is 2.48. The predicted octanol–water partition coefficient (Wildman–Crippen LogP) is -2.60.